The van der Waals surface area contributed by atoms with Gasteiger partial charge in [0.15, 0.2) is 0 Å². The maximum absolute atomic E-state index is 11.7. The number of aliphatic hydroxyl groups is 1. The molecule has 0 atom stereocenters. The lowest BCUT2D eigenvalue weighted by atomic mass is 10.0. The fourth-order valence-corrected chi connectivity index (χ4v) is 2.86. The van der Waals surface area contributed by atoms with E-state index in [-0.39, 0.29) is 12.5 Å². The molecule has 0 radical (unpaired) electrons. The van der Waals surface area contributed by atoms with Crippen molar-refractivity contribution in [2.75, 3.05) is 31.2 Å². The van der Waals surface area contributed by atoms with Crippen LogP contribution in [0.2, 0.25) is 0 Å². The molecule has 98 valence electrons. The molecule has 0 aliphatic carbocycles. The fraction of sp³-hybridized carbons (Fsp3) is 0.500. The molecule has 1 amide bonds. The first kappa shape index (κ1) is 13.4. The lowest BCUT2D eigenvalue weighted by Crippen LogP contribution is -2.52. The van der Waals surface area contributed by atoms with E-state index in [1.54, 1.807) is 11.8 Å². The van der Waals surface area contributed by atoms with Crippen LogP contribution >= 0.6 is 11.8 Å². The van der Waals surface area contributed by atoms with Crippen molar-refractivity contribution in [3.8, 4) is 0 Å². The normalized spacial score (nSPS) is 15.5. The number of nitrogens with zero attached hydrogens (tertiary/aromatic N) is 1. The van der Waals surface area contributed by atoms with Crippen molar-refractivity contribution in [3.63, 3.8) is 0 Å². The van der Waals surface area contributed by atoms with Crippen molar-refractivity contribution in [1.82, 2.24) is 4.90 Å². The van der Waals surface area contributed by atoms with Gasteiger partial charge in [0.2, 0.25) is 5.91 Å². The van der Waals surface area contributed by atoms with E-state index in [0.29, 0.717) is 11.7 Å². The molecule has 0 unspecified atom stereocenters. The van der Waals surface area contributed by atoms with Gasteiger partial charge < -0.3 is 10.0 Å². The van der Waals surface area contributed by atoms with E-state index in [4.69, 9.17) is 5.11 Å². The van der Waals surface area contributed by atoms with Gasteiger partial charge in [-0.25, -0.2) is 0 Å². The predicted octanol–water partition coefficient (Wildman–Crippen LogP) is 1.41. The highest BCUT2D eigenvalue weighted by Gasteiger charge is 2.29. The van der Waals surface area contributed by atoms with E-state index >= 15 is 0 Å². The Kier molecular flexibility index (Phi) is 5.08. The molecule has 1 heterocycles. The van der Waals surface area contributed by atoms with E-state index in [0.717, 1.165) is 25.3 Å². The lowest BCUT2D eigenvalue weighted by molar-refractivity contribution is -0.135. The molecule has 0 aromatic heterocycles. The number of aliphatic hydroxyl groups excluding tert-OH is 1. The third-order valence-corrected chi connectivity index (χ3v) is 4.12. The van der Waals surface area contributed by atoms with Crippen LogP contribution in [0.3, 0.4) is 0 Å². The molecule has 2 rings (SSSR count). The maximum atomic E-state index is 11.7. The van der Waals surface area contributed by atoms with Crippen LogP contribution in [-0.4, -0.2) is 47.1 Å². The molecule has 1 N–H and O–H groups in total. The average Bonchev–Trinajstić information content (AvgIpc) is 2.35. The van der Waals surface area contributed by atoms with Crippen molar-refractivity contribution < 1.29 is 9.90 Å². The molecule has 0 saturated carbocycles. The van der Waals surface area contributed by atoms with Crippen molar-refractivity contribution >= 4 is 17.7 Å². The van der Waals surface area contributed by atoms with E-state index in [1.807, 2.05) is 23.1 Å². The zero-order valence-corrected chi connectivity index (χ0v) is 11.2. The van der Waals surface area contributed by atoms with Crippen LogP contribution in [0.4, 0.5) is 0 Å². The average molecular weight is 265 g/mol. The summed E-state index contributed by atoms with van der Waals surface area (Å²) >= 11 is 1.69. The molecule has 1 aliphatic heterocycles. The smallest absolute Gasteiger partial charge is 0.232 e. The van der Waals surface area contributed by atoms with Crippen LogP contribution in [0.15, 0.2) is 30.3 Å². The quantitative estimate of drug-likeness (QED) is 0.791. The molecule has 1 aromatic carbocycles. The third-order valence-electron chi connectivity index (χ3n) is 3.17. The molecule has 1 aromatic rings. The topological polar surface area (TPSA) is 40.5 Å². The Labute approximate surface area is 112 Å². The molecule has 1 aliphatic rings. The molecule has 3 nitrogen and oxygen atoms in total. The predicted molar refractivity (Wildman–Crippen MR) is 74.6 cm³/mol. The van der Waals surface area contributed by atoms with Gasteiger partial charge in [-0.3, -0.25) is 4.79 Å². The Bertz CT molecular complexity index is 377. The standard InChI is InChI=1S/C14H19NO2S/c16-10-13-8-15(9-13)14(17)11-18-7-6-12-4-2-1-3-5-12/h1-5,13,16H,6-11H2. The molecule has 4 heteroatoms. The maximum Gasteiger partial charge on any atom is 0.232 e. The van der Waals surface area contributed by atoms with Gasteiger partial charge in [0.25, 0.3) is 0 Å². The number of hydrogen-bond acceptors (Lipinski definition) is 3. The number of amides is 1. The van der Waals surface area contributed by atoms with Crippen LogP contribution in [0.5, 0.6) is 0 Å². The summed E-state index contributed by atoms with van der Waals surface area (Å²) in [5, 5.41) is 8.88. The van der Waals surface area contributed by atoms with Crippen LogP contribution in [-0.2, 0) is 11.2 Å². The van der Waals surface area contributed by atoms with Crippen LogP contribution in [0.25, 0.3) is 0 Å². The summed E-state index contributed by atoms with van der Waals surface area (Å²) in [6, 6.07) is 10.3. The number of hydrogen-bond donors (Lipinski definition) is 1. The number of carbonyl (C=O) groups excluding carboxylic acids is 1. The van der Waals surface area contributed by atoms with Gasteiger partial charge >= 0.3 is 0 Å². The van der Waals surface area contributed by atoms with E-state index < -0.39 is 0 Å². The second-order valence-electron chi connectivity index (χ2n) is 4.64. The van der Waals surface area contributed by atoms with Gasteiger partial charge in [-0.2, -0.15) is 11.8 Å². The Morgan fingerprint density at radius 3 is 2.72 bits per heavy atom. The van der Waals surface area contributed by atoms with Crippen molar-refractivity contribution in [2.24, 2.45) is 5.92 Å². The minimum absolute atomic E-state index is 0.199. The lowest BCUT2D eigenvalue weighted by Gasteiger charge is -2.38. The number of rotatable bonds is 6. The highest BCUT2D eigenvalue weighted by atomic mass is 32.2. The zero-order valence-electron chi connectivity index (χ0n) is 10.4. The number of aryl methyl sites for hydroxylation is 1. The highest BCUT2D eigenvalue weighted by molar-refractivity contribution is 7.99. The molecule has 0 spiro atoms. The monoisotopic (exact) mass is 265 g/mol. The second kappa shape index (κ2) is 6.81. The van der Waals surface area contributed by atoms with Gasteiger partial charge in [-0.05, 0) is 17.7 Å². The minimum Gasteiger partial charge on any atom is -0.396 e. The van der Waals surface area contributed by atoms with Gasteiger partial charge in [-0.15, -0.1) is 0 Å². The second-order valence-corrected chi connectivity index (χ2v) is 5.74. The fourth-order valence-electron chi connectivity index (χ4n) is 1.97. The summed E-state index contributed by atoms with van der Waals surface area (Å²) in [6.45, 7) is 1.66. The van der Waals surface area contributed by atoms with E-state index in [2.05, 4.69) is 12.1 Å². The third kappa shape index (κ3) is 3.75. The van der Waals surface area contributed by atoms with Crippen LogP contribution in [0, 0.1) is 5.92 Å². The highest BCUT2D eigenvalue weighted by Crippen LogP contribution is 2.16. The van der Waals surface area contributed by atoms with E-state index in [1.165, 1.54) is 5.56 Å². The van der Waals surface area contributed by atoms with Crippen molar-refractivity contribution in [1.29, 1.82) is 0 Å². The summed E-state index contributed by atoms with van der Waals surface area (Å²) in [7, 11) is 0. The first-order valence-electron chi connectivity index (χ1n) is 6.30. The Morgan fingerprint density at radius 2 is 2.06 bits per heavy atom. The molecule has 0 bridgehead atoms. The van der Waals surface area contributed by atoms with Gasteiger partial charge in [0.1, 0.15) is 0 Å². The first-order valence-corrected chi connectivity index (χ1v) is 7.45. The zero-order chi connectivity index (χ0) is 12.8. The molecular weight excluding hydrogens is 246 g/mol. The first-order chi connectivity index (χ1) is 8.79. The van der Waals surface area contributed by atoms with Gasteiger partial charge in [-0.1, -0.05) is 30.3 Å². The van der Waals surface area contributed by atoms with Crippen LogP contribution in [0.1, 0.15) is 5.56 Å². The number of benzene rings is 1. The molecule has 18 heavy (non-hydrogen) atoms. The number of likely N-dealkylation sites (tertiary alicyclic amines) is 1. The Morgan fingerprint density at radius 1 is 1.33 bits per heavy atom. The van der Waals surface area contributed by atoms with Gasteiger partial charge in [0, 0.05) is 25.6 Å². The number of carbonyl (C=O) groups is 1. The summed E-state index contributed by atoms with van der Waals surface area (Å²) in [6.07, 6.45) is 1.01. The summed E-state index contributed by atoms with van der Waals surface area (Å²) in [5.41, 5.74) is 1.32. The molecule has 1 fully saturated rings. The molecule has 1 saturated heterocycles. The SMILES string of the molecule is O=C(CSCCc1ccccc1)N1CC(CO)C1. The summed E-state index contributed by atoms with van der Waals surface area (Å²) < 4.78 is 0. The summed E-state index contributed by atoms with van der Waals surface area (Å²) in [5.74, 6) is 2.05. The van der Waals surface area contributed by atoms with Crippen LogP contribution < -0.4 is 0 Å². The van der Waals surface area contributed by atoms with E-state index in [9.17, 15) is 4.79 Å². The Balaban J connectivity index is 1.57. The molecular formula is C14H19NO2S. The largest absolute Gasteiger partial charge is 0.396 e. The van der Waals surface area contributed by atoms with Crippen molar-refractivity contribution in [3.05, 3.63) is 35.9 Å². The minimum atomic E-state index is 0.199. The summed E-state index contributed by atoms with van der Waals surface area (Å²) in [4.78, 5) is 13.6. The van der Waals surface area contributed by atoms with Crippen molar-refractivity contribution in [2.45, 2.75) is 6.42 Å². The van der Waals surface area contributed by atoms with Gasteiger partial charge in [0.05, 0.1) is 5.75 Å². The Hall–Kier alpha value is -1.00. The number of thioether (sulfide) groups is 1.